The summed E-state index contributed by atoms with van der Waals surface area (Å²) < 4.78 is 38.6. The lowest BCUT2D eigenvalue weighted by Crippen LogP contribution is -2.38. The predicted octanol–water partition coefficient (Wildman–Crippen LogP) is 5.52. The molecule has 1 aromatic carbocycles. The van der Waals surface area contributed by atoms with Crippen molar-refractivity contribution in [2.75, 3.05) is 14.2 Å². The number of allylic oxidation sites excluding steroid dienone is 1. The number of esters is 2. The Morgan fingerprint density at radius 2 is 1.95 bits per heavy atom. The summed E-state index contributed by atoms with van der Waals surface area (Å²) in [6.45, 7) is 0. The Hall–Kier alpha value is -3.22. The van der Waals surface area contributed by atoms with E-state index in [1.54, 1.807) is 22.9 Å². The smallest absolute Gasteiger partial charge is 0.338 e. The normalized spacial score (nSPS) is 23.7. The van der Waals surface area contributed by atoms with Gasteiger partial charge in [-0.3, -0.25) is 9.79 Å². The van der Waals surface area contributed by atoms with Crippen molar-refractivity contribution < 1.29 is 27.8 Å². The van der Waals surface area contributed by atoms with Crippen molar-refractivity contribution >= 4 is 52.0 Å². The third-order valence-corrected chi connectivity index (χ3v) is 10.3. The molecule has 8 nitrogen and oxygen atoms in total. The summed E-state index contributed by atoms with van der Waals surface area (Å²) in [6, 6.07) is 1.28. The second-order valence-corrected chi connectivity index (χ2v) is 12.6. The predicted molar refractivity (Wildman–Crippen MR) is 150 cm³/mol. The second kappa shape index (κ2) is 11.2. The highest BCUT2D eigenvalue weighted by molar-refractivity contribution is 7.12. The molecule has 2 unspecified atom stereocenters. The maximum atomic E-state index is 14.6. The summed E-state index contributed by atoms with van der Waals surface area (Å²) in [6.07, 6.45) is 5.10. The van der Waals surface area contributed by atoms with E-state index in [1.807, 2.05) is 0 Å². The monoisotopic (exact) mass is 618 g/mol. The van der Waals surface area contributed by atoms with Gasteiger partial charge in [0.05, 0.1) is 41.4 Å². The molecule has 0 bridgehead atoms. The number of halogens is 3. The van der Waals surface area contributed by atoms with E-state index in [9.17, 15) is 18.4 Å². The zero-order valence-corrected chi connectivity index (χ0v) is 24.5. The minimum atomic E-state index is -1.20. The van der Waals surface area contributed by atoms with Crippen LogP contribution in [0.2, 0.25) is 5.02 Å². The molecule has 0 radical (unpaired) electrons. The van der Waals surface area contributed by atoms with Crippen molar-refractivity contribution in [1.29, 1.82) is 0 Å². The Morgan fingerprint density at radius 3 is 2.66 bits per heavy atom. The molecule has 41 heavy (non-hydrogen) atoms. The highest BCUT2D eigenvalue weighted by atomic mass is 35.5. The molecule has 2 aromatic heterocycles. The maximum absolute atomic E-state index is 14.6. The number of nitrogens with zero attached hydrogens (tertiary/aromatic N) is 3. The number of carbonyl (C=O) groups excluding carboxylic acids is 2. The van der Waals surface area contributed by atoms with Gasteiger partial charge in [-0.25, -0.2) is 23.5 Å². The van der Waals surface area contributed by atoms with Gasteiger partial charge in [0.15, 0.2) is 22.5 Å². The Balaban J connectivity index is 1.37. The lowest BCUT2D eigenvalue weighted by molar-refractivity contribution is -0.148. The van der Waals surface area contributed by atoms with Gasteiger partial charge in [-0.15, -0.1) is 22.7 Å². The fourth-order valence-corrected chi connectivity index (χ4v) is 7.80. The number of amidine groups is 1. The molecular formula is C28H25ClF2N4O4S2. The molecule has 0 amide bonds. The van der Waals surface area contributed by atoms with Crippen LogP contribution in [0.3, 0.4) is 0 Å². The second-order valence-electron chi connectivity index (χ2n) is 10.2. The van der Waals surface area contributed by atoms with Gasteiger partial charge in [0.25, 0.3) is 0 Å². The number of hydrogen-bond acceptors (Lipinski definition) is 10. The van der Waals surface area contributed by atoms with Crippen LogP contribution in [0.1, 0.15) is 57.4 Å². The average Bonchev–Trinajstić information content (AvgIpc) is 3.64. The van der Waals surface area contributed by atoms with Crippen molar-refractivity contribution in [3.8, 4) is 0 Å². The summed E-state index contributed by atoms with van der Waals surface area (Å²) >= 11 is 9.28. The van der Waals surface area contributed by atoms with Gasteiger partial charge in [-0.2, -0.15) is 0 Å². The van der Waals surface area contributed by atoms with Crippen LogP contribution >= 0.6 is 34.3 Å². The van der Waals surface area contributed by atoms with Gasteiger partial charge in [0.1, 0.15) is 6.04 Å². The number of thiazole rings is 2. The quantitative estimate of drug-likeness (QED) is 0.287. The van der Waals surface area contributed by atoms with Gasteiger partial charge >= 0.3 is 11.9 Å². The molecule has 1 saturated carbocycles. The number of rotatable bonds is 6. The van der Waals surface area contributed by atoms with Crippen molar-refractivity contribution in [2.24, 2.45) is 16.8 Å². The fourth-order valence-electron chi connectivity index (χ4n) is 5.64. The van der Waals surface area contributed by atoms with Crippen LogP contribution < -0.4 is 5.32 Å². The van der Waals surface area contributed by atoms with Crippen molar-refractivity contribution in [3.05, 3.63) is 77.8 Å². The fraction of sp³-hybridized carbons (Fsp3) is 0.393. The van der Waals surface area contributed by atoms with E-state index in [2.05, 4.69) is 10.3 Å². The first-order valence-electron chi connectivity index (χ1n) is 13.1. The molecule has 1 aliphatic heterocycles. The van der Waals surface area contributed by atoms with Gasteiger partial charge < -0.3 is 14.8 Å². The number of methoxy groups -OCH3 is 2. The molecule has 1 N–H and O–H groups in total. The Labute approximate surface area is 247 Å². The lowest BCUT2D eigenvalue weighted by atomic mass is 9.75. The molecule has 3 heterocycles. The number of aromatic nitrogens is 2. The molecule has 214 valence electrons. The van der Waals surface area contributed by atoms with E-state index in [4.69, 9.17) is 31.1 Å². The zero-order chi connectivity index (χ0) is 28.8. The first-order chi connectivity index (χ1) is 19.8. The molecule has 2 atom stereocenters. The van der Waals surface area contributed by atoms with E-state index in [0.29, 0.717) is 35.8 Å². The minimum Gasteiger partial charge on any atom is -0.469 e. The van der Waals surface area contributed by atoms with Gasteiger partial charge in [0, 0.05) is 39.6 Å². The SMILES string of the molecule is COC(=O)C1=C(C2CCc3nc(C4CC(C(=O)OC)C4)sc3C2)NC(c2nccs2)=NC1c1ccc(F)c(F)c1Cl. The van der Waals surface area contributed by atoms with E-state index < -0.39 is 28.7 Å². The van der Waals surface area contributed by atoms with Crippen LogP contribution in [0.15, 0.2) is 40.0 Å². The highest BCUT2D eigenvalue weighted by Gasteiger charge is 2.41. The molecule has 2 aliphatic carbocycles. The molecule has 6 rings (SSSR count). The van der Waals surface area contributed by atoms with Crippen LogP contribution in [0.4, 0.5) is 8.78 Å². The van der Waals surface area contributed by atoms with Crippen LogP contribution in [-0.2, 0) is 31.9 Å². The topological polar surface area (TPSA) is 103 Å². The lowest BCUT2D eigenvalue weighted by Gasteiger charge is -2.32. The maximum Gasteiger partial charge on any atom is 0.338 e. The van der Waals surface area contributed by atoms with Crippen molar-refractivity contribution in [1.82, 2.24) is 15.3 Å². The molecule has 0 saturated heterocycles. The number of nitrogens with one attached hydrogen (secondary N) is 1. The van der Waals surface area contributed by atoms with Crippen LogP contribution in [-0.4, -0.2) is 42.0 Å². The van der Waals surface area contributed by atoms with Gasteiger partial charge in [-0.1, -0.05) is 17.7 Å². The summed E-state index contributed by atoms with van der Waals surface area (Å²) in [5.41, 5.74) is 1.98. The first kappa shape index (κ1) is 27.9. The number of ether oxygens (including phenoxy) is 2. The summed E-state index contributed by atoms with van der Waals surface area (Å²) in [4.78, 5) is 40.2. The number of carbonyl (C=O) groups is 2. The molecule has 3 aliphatic rings. The average molecular weight is 619 g/mol. The van der Waals surface area contributed by atoms with Crippen LogP contribution in [0.5, 0.6) is 0 Å². The Kier molecular flexibility index (Phi) is 7.64. The summed E-state index contributed by atoms with van der Waals surface area (Å²) in [7, 11) is 2.68. The van der Waals surface area contributed by atoms with Crippen molar-refractivity contribution in [3.63, 3.8) is 0 Å². The van der Waals surface area contributed by atoms with E-state index >= 15 is 0 Å². The molecule has 1 fully saturated rings. The minimum absolute atomic E-state index is 0.0819. The summed E-state index contributed by atoms with van der Waals surface area (Å²) in [5.74, 6) is -2.69. The van der Waals surface area contributed by atoms with Crippen LogP contribution in [0.25, 0.3) is 0 Å². The molecule has 3 aromatic rings. The summed E-state index contributed by atoms with van der Waals surface area (Å²) in [5, 5.41) is 6.30. The van der Waals surface area contributed by atoms with E-state index in [-0.39, 0.29) is 34.9 Å². The molecule has 0 spiro atoms. The van der Waals surface area contributed by atoms with Crippen LogP contribution in [0, 0.1) is 23.5 Å². The molecule has 13 heteroatoms. The number of aryl methyl sites for hydroxylation is 1. The largest absolute Gasteiger partial charge is 0.469 e. The Morgan fingerprint density at radius 1 is 1.15 bits per heavy atom. The standard InChI is InChI=1S/C28H25ClF2N4O4S2/c1-38-27(36)14-9-13(10-14)25-33-17-6-3-12(11-18(17)41-25)22-19(28(37)39-2)23(15-4-5-16(30)21(31)20(15)29)35-24(34-22)26-32-7-8-40-26/h4-5,7-8,12-14,23H,3,6,9-11H2,1-2H3,(H,34,35). The van der Waals surface area contributed by atoms with E-state index in [0.717, 1.165) is 34.5 Å². The third kappa shape index (κ3) is 5.06. The number of benzene rings is 1. The zero-order valence-electron chi connectivity index (χ0n) is 22.1. The third-order valence-electron chi connectivity index (χ3n) is 7.86. The highest BCUT2D eigenvalue weighted by Crippen LogP contribution is 2.47. The number of hydrogen-bond donors (Lipinski definition) is 1. The first-order valence-corrected chi connectivity index (χ1v) is 15.1. The van der Waals surface area contributed by atoms with Gasteiger partial charge in [0.2, 0.25) is 0 Å². The van der Waals surface area contributed by atoms with Gasteiger partial charge in [-0.05, 0) is 38.2 Å². The number of aliphatic imine (C=N–C) groups is 1. The molecular weight excluding hydrogens is 594 g/mol. The number of fused-ring (bicyclic) bond motifs is 1. The Bertz CT molecular complexity index is 1580. The van der Waals surface area contributed by atoms with E-state index in [1.165, 1.54) is 31.6 Å². The van der Waals surface area contributed by atoms with Crippen molar-refractivity contribution in [2.45, 2.75) is 44.1 Å².